The van der Waals surface area contributed by atoms with E-state index in [4.69, 9.17) is 11.5 Å². The van der Waals surface area contributed by atoms with E-state index in [0.29, 0.717) is 24.7 Å². The standard InChI is InChI=1S/C52H88N10O15/c1-5-28(2)24-29(3)12-10-8-6-7-9-11-13-39(69)56-34-26-38(68)46(55-22-21-54)60-50(75)43-37(67)19-23-61(43)52(77)41(36(66)18-20-53)58-49(74)42(45(71)44(70)31-14-16-32(64)17-15-31)59-48(73)35-25-33(65)27-62(35)51(76)40(30(4)63)57-47(34)72/h14-17,28-30,33-38,40-46,55,63-68,70-71H,5-13,18-27,53-54H2,1-4H3,(H,56,69)(H,57,72)(H,58,74)(H,59,73)(H,60,75)/t28-,29+,30-,33-,34+,35+,36-,37+,38-,40+,41+,42+,43+,44+,45+,46+/m1/s1. The Bertz CT molecular complexity index is 2070. The van der Waals surface area contributed by atoms with Gasteiger partial charge in [0.15, 0.2) is 0 Å². The van der Waals surface area contributed by atoms with E-state index in [-0.39, 0.29) is 56.8 Å². The van der Waals surface area contributed by atoms with E-state index in [1.807, 2.05) is 0 Å². The minimum Gasteiger partial charge on any atom is -0.508 e. The Labute approximate surface area is 450 Å². The Kier molecular flexibility index (Phi) is 26.4. The number of carbonyl (C=O) groups excluding carboxylic acids is 7. The predicted octanol–water partition coefficient (Wildman–Crippen LogP) is -3.31. The summed E-state index contributed by atoms with van der Waals surface area (Å²) in [4.78, 5) is 102. The van der Waals surface area contributed by atoms with Crippen molar-refractivity contribution in [3.8, 4) is 5.75 Å². The number of amides is 7. The molecule has 25 nitrogen and oxygen atoms in total. The lowest BCUT2D eigenvalue weighted by molar-refractivity contribution is -0.148. The normalized spacial score (nSPS) is 28.6. The van der Waals surface area contributed by atoms with E-state index in [1.54, 1.807) is 0 Å². The first-order valence-electron chi connectivity index (χ1n) is 27.3. The number of phenols is 1. The van der Waals surface area contributed by atoms with E-state index in [0.717, 1.165) is 55.2 Å². The fraction of sp³-hybridized carbons (Fsp3) is 0.750. The number of nitrogens with one attached hydrogen (secondary N) is 6. The van der Waals surface area contributed by atoms with E-state index < -0.39 is 146 Å². The number of aliphatic hydroxyl groups excluding tert-OH is 7. The van der Waals surface area contributed by atoms with Crippen molar-refractivity contribution in [2.24, 2.45) is 23.3 Å². The van der Waals surface area contributed by atoms with Crippen LogP contribution in [0.1, 0.15) is 129 Å². The molecule has 0 bridgehead atoms. The third-order valence-corrected chi connectivity index (χ3v) is 14.9. The number of carbonyl (C=O) groups is 7. The van der Waals surface area contributed by atoms with Crippen molar-refractivity contribution in [1.82, 2.24) is 41.7 Å². The molecule has 16 atom stereocenters. The van der Waals surface area contributed by atoms with Gasteiger partial charge in [-0.1, -0.05) is 77.8 Å². The number of nitrogens with zero attached hydrogens (tertiary/aromatic N) is 2. The zero-order valence-electron chi connectivity index (χ0n) is 45.0. The van der Waals surface area contributed by atoms with Crippen LogP contribution in [0.2, 0.25) is 0 Å². The molecule has 3 heterocycles. The van der Waals surface area contributed by atoms with Crippen molar-refractivity contribution in [2.45, 2.75) is 203 Å². The number of hydrogen-bond donors (Lipinski definition) is 16. The molecule has 0 saturated carbocycles. The molecule has 436 valence electrons. The number of benzene rings is 1. The summed E-state index contributed by atoms with van der Waals surface area (Å²) in [6.45, 7) is 6.73. The molecule has 1 aromatic rings. The summed E-state index contributed by atoms with van der Waals surface area (Å²) in [5, 5.41) is 104. The van der Waals surface area contributed by atoms with Gasteiger partial charge in [0.25, 0.3) is 0 Å². The summed E-state index contributed by atoms with van der Waals surface area (Å²) < 4.78 is 0. The number of hydrogen-bond acceptors (Lipinski definition) is 18. The van der Waals surface area contributed by atoms with Crippen molar-refractivity contribution in [1.29, 1.82) is 0 Å². The summed E-state index contributed by atoms with van der Waals surface area (Å²) in [6, 6.07) is -6.40. The highest BCUT2D eigenvalue weighted by atomic mass is 16.3. The highest BCUT2D eigenvalue weighted by molar-refractivity contribution is 5.98. The van der Waals surface area contributed by atoms with Crippen LogP contribution in [-0.4, -0.2) is 204 Å². The van der Waals surface area contributed by atoms with Crippen LogP contribution < -0.4 is 43.4 Å². The lowest BCUT2D eigenvalue weighted by atomic mass is 9.91. The lowest BCUT2D eigenvalue weighted by Crippen LogP contribution is -2.65. The molecule has 0 aliphatic carbocycles. The van der Waals surface area contributed by atoms with Gasteiger partial charge in [0.1, 0.15) is 60.4 Å². The number of fused-ring (bicyclic) bond motifs is 2. The molecule has 3 fully saturated rings. The SMILES string of the molecule is CC[C@@H](C)C[C@@H](C)CCCCCCCCC(=O)N[C@H]1C[C@@H](O)[C@@H](NCCN)NC(=O)[C@@H]2[C@@H](O)CCN2C(=O)[C@H]([C@H](O)CCN)NC(=O)[C@H]([C@H](O)[C@@H](O)c2ccc(O)cc2)NC(=O)[C@@H]2C[C@@H](O)CN2C(=O)[C@H]([C@@H](C)O)NC1=O. The average Bonchev–Trinajstić information content (AvgIpc) is 3.99. The van der Waals surface area contributed by atoms with Crippen LogP contribution in [0.4, 0.5) is 0 Å². The van der Waals surface area contributed by atoms with Gasteiger partial charge in [-0.25, -0.2) is 0 Å². The van der Waals surface area contributed by atoms with Gasteiger partial charge >= 0.3 is 0 Å². The molecule has 25 heteroatoms. The van der Waals surface area contributed by atoms with Crippen molar-refractivity contribution in [3.63, 3.8) is 0 Å². The molecule has 77 heavy (non-hydrogen) atoms. The monoisotopic (exact) mass is 1090 g/mol. The van der Waals surface area contributed by atoms with Crippen molar-refractivity contribution in [2.75, 3.05) is 32.7 Å². The maximum atomic E-state index is 14.6. The number of unbranched alkanes of at least 4 members (excludes halogenated alkanes) is 5. The fourth-order valence-corrected chi connectivity index (χ4v) is 10.2. The zero-order chi connectivity index (χ0) is 57.1. The summed E-state index contributed by atoms with van der Waals surface area (Å²) >= 11 is 0. The fourth-order valence-electron chi connectivity index (χ4n) is 10.2. The third kappa shape index (κ3) is 18.8. The molecule has 0 radical (unpaired) electrons. The highest BCUT2D eigenvalue weighted by Crippen LogP contribution is 2.27. The summed E-state index contributed by atoms with van der Waals surface area (Å²) in [6.07, 6.45) is -6.95. The second-order valence-corrected chi connectivity index (χ2v) is 21.3. The van der Waals surface area contributed by atoms with Crippen LogP contribution in [0.3, 0.4) is 0 Å². The minimum absolute atomic E-state index is 0.0257. The zero-order valence-corrected chi connectivity index (χ0v) is 45.0. The Morgan fingerprint density at radius 3 is 1.97 bits per heavy atom. The molecule has 3 aliphatic rings. The van der Waals surface area contributed by atoms with E-state index >= 15 is 0 Å². The summed E-state index contributed by atoms with van der Waals surface area (Å²) in [5.41, 5.74) is 11.5. The van der Waals surface area contributed by atoms with E-state index in [2.05, 4.69) is 52.7 Å². The Morgan fingerprint density at radius 2 is 1.34 bits per heavy atom. The molecule has 3 saturated heterocycles. The van der Waals surface area contributed by atoms with Crippen LogP contribution in [0.25, 0.3) is 0 Å². The van der Waals surface area contributed by atoms with Crippen LogP contribution in [0.15, 0.2) is 24.3 Å². The Balaban J connectivity index is 1.73. The third-order valence-electron chi connectivity index (χ3n) is 14.9. The van der Waals surface area contributed by atoms with E-state index in [1.165, 1.54) is 30.7 Å². The van der Waals surface area contributed by atoms with Crippen molar-refractivity contribution < 1.29 is 74.4 Å². The van der Waals surface area contributed by atoms with Crippen molar-refractivity contribution in [3.05, 3.63) is 29.8 Å². The van der Waals surface area contributed by atoms with E-state index in [9.17, 15) is 74.4 Å². The second kappa shape index (κ2) is 31.5. The van der Waals surface area contributed by atoms with Crippen LogP contribution in [-0.2, 0) is 33.6 Å². The predicted molar refractivity (Wildman–Crippen MR) is 280 cm³/mol. The van der Waals surface area contributed by atoms with Gasteiger partial charge in [-0.2, -0.15) is 0 Å². The van der Waals surface area contributed by atoms with Gasteiger partial charge in [-0.15, -0.1) is 0 Å². The molecule has 0 aromatic heterocycles. The smallest absolute Gasteiger partial charge is 0.248 e. The van der Waals surface area contributed by atoms with Crippen LogP contribution in [0, 0.1) is 11.8 Å². The number of nitrogens with two attached hydrogens (primary N) is 2. The van der Waals surface area contributed by atoms with Gasteiger partial charge in [0, 0.05) is 45.4 Å². The number of rotatable bonds is 23. The molecule has 0 spiro atoms. The quantitative estimate of drug-likeness (QED) is 0.0477. The van der Waals surface area contributed by atoms with Gasteiger partial charge in [-0.05, 0) is 68.7 Å². The number of aliphatic hydroxyl groups is 7. The van der Waals surface area contributed by atoms with Gasteiger partial charge < -0.3 is 88.7 Å². The molecule has 7 amide bonds. The van der Waals surface area contributed by atoms with Gasteiger partial charge in [-0.3, -0.25) is 38.9 Å². The molecule has 4 rings (SSSR count). The largest absolute Gasteiger partial charge is 0.508 e. The molecular weight excluding hydrogens is 1000 g/mol. The minimum atomic E-state index is -2.28. The highest BCUT2D eigenvalue weighted by Gasteiger charge is 2.49. The molecule has 18 N–H and O–H groups in total. The topological polar surface area (TPSA) is 412 Å². The van der Waals surface area contributed by atoms with Gasteiger partial charge in [0.2, 0.25) is 41.4 Å². The number of aromatic hydroxyl groups is 1. The molecule has 3 aliphatic heterocycles. The first kappa shape index (κ1) is 64.4. The number of phenolic OH excluding ortho intramolecular Hbond substituents is 1. The molecule has 1 aromatic carbocycles. The maximum absolute atomic E-state index is 14.6. The maximum Gasteiger partial charge on any atom is 0.248 e. The van der Waals surface area contributed by atoms with Crippen molar-refractivity contribution >= 4 is 41.4 Å². The lowest BCUT2D eigenvalue weighted by Gasteiger charge is -2.35. The average molecular weight is 1090 g/mol. The summed E-state index contributed by atoms with van der Waals surface area (Å²) in [5.74, 6) is -6.43. The second-order valence-electron chi connectivity index (χ2n) is 21.3. The molecular formula is C52H88N10O15. The van der Waals surface area contributed by atoms with Crippen LogP contribution >= 0.6 is 0 Å². The first-order chi connectivity index (χ1) is 36.5. The Hall–Kier alpha value is -5.09. The van der Waals surface area contributed by atoms with Crippen LogP contribution in [0.5, 0.6) is 5.75 Å². The molecule has 0 unspecified atom stereocenters. The Morgan fingerprint density at radius 1 is 0.714 bits per heavy atom. The summed E-state index contributed by atoms with van der Waals surface area (Å²) in [7, 11) is 0. The first-order valence-corrected chi connectivity index (χ1v) is 27.3. The van der Waals surface area contributed by atoms with Gasteiger partial charge in [0.05, 0.1) is 30.5 Å².